The summed E-state index contributed by atoms with van der Waals surface area (Å²) in [6.07, 6.45) is 3.20. The van der Waals surface area contributed by atoms with Crippen molar-refractivity contribution >= 4 is 35.6 Å². The summed E-state index contributed by atoms with van der Waals surface area (Å²) < 4.78 is 5.47. The Bertz CT molecular complexity index is 436. The zero-order valence-electron chi connectivity index (χ0n) is 13.3. The van der Waals surface area contributed by atoms with E-state index >= 15 is 0 Å². The molecule has 0 saturated heterocycles. The molecule has 0 radical (unpaired) electrons. The van der Waals surface area contributed by atoms with Gasteiger partial charge in [0.15, 0.2) is 5.96 Å². The standard InChI is InChI=1S/C16H27N3O.HI/c1-4-5-10-20-11-6-9-18-16(17)19-15-8-7-13(2)14(3)12-15;/h7-8,12H,4-6,9-11H2,1-3H3,(H3,17,18,19);1H. The number of anilines is 1. The molecular formula is C16H28IN3O. The first-order chi connectivity index (χ1) is 9.63. The van der Waals surface area contributed by atoms with Crippen molar-refractivity contribution in [3.63, 3.8) is 0 Å². The molecule has 0 aliphatic rings. The van der Waals surface area contributed by atoms with Crippen molar-refractivity contribution in [2.45, 2.75) is 40.0 Å². The van der Waals surface area contributed by atoms with E-state index in [1.54, 1.807) is 0 Å². The van der Waals surface area contributed by atoms with Gasteiger partial charge in [0.1, 0.15) is 0 Å². The number of nitrogens with one attached hydrogen (secondary N) is 1. The van der Waals surface area contributed by atoms with Crippen molar-refractivity contribution < 1.29 is 4.74 Å². The minimum atomic E-state index is 0. The maximum Gasteiger partial charge on any atom is 0.193 e. The SMILES string of the molecule is CCCCOCCCN=C(N)Nc1ccc(C)c(C)c1.I. The predicted molar refractivity (Wildman–Crippen MR) is 102 cm³/mol. The molecule has 0 unspecified atom stereocenters. The van der Waals surface area contributed by atoms with Crippen molar-refractivity contribution in [2.75, 3.05) is 25.1 Å². The number of aliphatic imine (C=N–C) groups is 1. The topological polar surface area (TPSA) is 59.6 Å². The van der Waals surface area contributed by atoms with Crippen LogP contribution in [-0.2, 0) is 4.74 Å². The number of hydrogen-bond donors (Lipinski definition) is 2. The number of nitrogens with two attached hydrogens (primary N) is 1. The average molecular weight is 405 g/mol. The molecule has 0 aromatic heterocycles. The molecule has 0 amide bonds. The Morgan fingerprint density at radius 1 is 1.19 bits per heavy atom. The molecule has 0 atom stereocenters. The smallest absolute Gasteiger partial charge is 0.193 e. The molecule has 4 nitrogen and oxygen atoms in total. The maximum absolute atomic E-state index is 5.85. The molecule has 0 aliphatic heterocycles. The number of hydrogen-bond acceptors (Lipinski definition) is 2. The van der Waals surface area contributed by atoms with E-state index in [4.69, 9.17) is 10.5 Å². The zero-order valence-corrected chi connectivity index (χ0v) is 15.6. The van der Waals surface area contributed by atoms with Gasteiger partial charge in [-0.3, -0.25) is 4.99 Å². The van der Waals surface area contributed by atoms with Gasteiger partial charge >= 0.3 is 0 Å². The van der Waals surface area contributed by atoms with Crippen LogP contribution in [0.5, 0.6) is 0 Å². The van der Waals surface area contributed by atoms with Crippen LogP contribution in [0.25, 0.3) is 0 Å². The number of benzene rings is 1. The van der Waals surface area contributed by atoms with Crippen LogP contribution in [0, 0.1) is 13.8 Å². The molecule has 3 N–H and O–H groups in total. The molecule has 5 heteroatoms. The second-order valence-corrected chi connectivity index (χ2v) is 5.01. The van der Waals surface area contributed by atoms with E-state index in [9.17, 15) is 0 Å². The molecule has 120 valence electrons. The zero-order chi connectivity index (χ0) is 14.8. The van der Waals surface area contributed by atoms with Crippen molar-refractivity contribution in [3.8, 4) is 0 Å². The fraction of sp³-hybridized carbons (Fsp3) is 0.562. The lowest BCUT2D eigenvalue weighted by molar-refractivity contribution is 0.130. The third-order valence-corrected chi connectivity index (χ3v) is 3.15. The third-order valence-electron chi connectivity index (χ3n) is 3.15. The quantitative estimate of drug-likeness (QED) is 0.299. The fourth-order valence-corrected chi connectivity index (χ4v) is 1.72. The van der Waals surface area contributed by atoms with Gasteiger partial charge in [-0.05, 0) is 49.9 Å². The van der Waals surface area contributed by atoms with Crippen LogP contribution in [0.4, 0.5) is 5.69 Å². The lowest BCUT2D eigenvalue weighted by Gasteiger charge is -2.08. The minimum absolute atomic E-state index is 0. The van der Waals surface area contributed by atoms with Crippen molar-refractivity contribution in [1.82, 2.24) is 0 Å². The van der Waals surface area contributed by atoms with Crippen LogP contribution < -0.4 is 11.1 Å². The molecule has 1 aromatic carbocycles. The Morgan fingerprint density at radius 2 is 1.90 bits per heavy atom. The fourth-order valence-electron chi connectivity index (χ4n) is 1.72. The van der Waals surface area contributed by atoms with Crippen LogP contribution in [0.1, 0.15) is 37.3 Å². The lowest BCUT2D eigenvalue weighted by atomic mass is 10.1. The Kier molecular flexibility index (Phi) is 11.3. The molecule has 21 heavy (non-hydrogen) atoms. The van der Waals surface area contributed by atoms with Crippen LogP contribution in [-0.4, -0.2) is 25.7 Å². The van der Waals surface area contributed by atoms with Crippen LogP contribution in [0.15, 0.2) is 23.2 Å². The van der Waals surface area contributed by atoms with Crippen molar-refractivity contribution in [3.05, 3.63) is 29.3 Å². The highest BCUT2D eigenvalue weighted by atomic mass is 127. The predicted octanol–water partition coefficient (Wildman–Crippen LogP) is 3.85. The van der Waals surface area contributed by atoms with Gasteiger partial charge in [0.05, 0.1) is 0 Å². The van der Waals surface area contributed by atoms with Crippen LogP contribution in [0.2, 0.25) is 0 Å². The van der Waals surface area contributed by atoms with Crippen LogP contribution in [0.3, 0.4) is 0 Å². The third kappa shape index (κ3) is 8.93. The number of aryl methyl sites for hydroxylation is 2. The largest absolute Gasteiger partial charge is 0.381 e. The van der Waals surface area contributed by atoms with Crippen molar-refractivity contribution in [1.29, 1.82) is 0 Å². The summed E-state index contributed by atoms with van der Waals surface area (Å²) in [7, 11) is 0. The summed E-state index contributed by atoms with van der Waals surface area (Å²) in [6, 6.07) is 6.16. The molecule has 0 fully saturated rings. The van der Waals surface area contributed by atoms with E-state index in [1.807, 2.05) is 6.07 Å². The maximum atomic E-state index is 5.85. The van der Waals surface area contributed by atoms with E-state index in [2.05, 4.69) is 43.2 Å². The highest BCUT2D eigenvalue weighted by Gasteiger charge is 1.97. The second kappa shape index (κ2) is 11.8. The molecule has 1 rings (SSSR count). The van der Waals surface area contributed by atoms with E-state index in [1.165, 1.54) is 17.5 Å². The Balaban J connectivity index is 0.00000400. The van der Waals surface area contributed by atoms with Gasteiger partial charge in [-0.15, -0.1) is 24.0 Å². The number of ether oxygens (including phenoxy) is 1. The van der Waals surface area contributed by atoms with Gasteiger partial charge in [0.25, 0.3) is 0 Å². The Hall–Kier alpha value is -0.820. The van der Waals surface area contributed by atoms with Gasteiger partial charge in [-0.1, -0.05) is 19.4 Å². The molecule has 0 heterocycles. The normalized spacial score (nSPS) is 11.1. The van der Waals surface area contributed by atoms with Crippen LogP contribution >= 0.6 is 24.0 Å². The first-order valence-corrected chi connectivity index (χ1v) is 7.35. The summed E-state index contributed by atoms with van der Waals surface area (Å²) >= 11 is 0. The van der Waals surface area contributed by atoms with Gasteiger partial charge in [-0.25, -0.2) is 0 Å². The number of unbranched alkanes of at least 4 members (excludes halogenated alkanes) is 1. The summed E-state index contributed by atoms with van der Waals surface area (Å²) in [4.78, 5) is 4.29. The Morgan fingerprint density at radius 3 is 2.57 bits per heavy atom. The van der Waals surface area contributed by atoms with Gasteiger partial charge in [0, 0.05) is 25.4 Å². The number of nitrogens with zero attached hydrogens (tertiary/aromatic N) is 1. The molecule has 0 aliphatic carbocycles. The van der Waals surface area contributed by atoms with Gasteiger partial charge in [0.2, 0.25) is 0 Å². The van der Waals surface area contributed by atoms with E-state index in [0.717, 1.165) is 31.7 Å². The number of guanidine groups is 1. The summed E-state index contributed by atoms with van der Waals surface area (Å²) in [5.41, 5.74) is 9.35. The summed E-state index contributed by atoms with van der Waals surface area (Å²) in [5, 5.41) is 3.11. The van der Waals surface area contributed by atoms with E-state index in [-0.39, 0.29) is 24.0 Å². The molecule has 1 aromatic rings. The minimum Gasteiger partial charge on any atom is -0.381 e. The highest BCUT2D eigenvalue weighted by molar-refractivity contribution is 14.0. The monoisotopic (exact) mass is 405 g/mol. The first-order valence-electron chi connectivity index (χ1n) is 7.35. The number of rotatable bonds is 8. The average Bonchev–Trinajstić information content (AvgIpc) is 2.42. The highest BCUT2D eigenvalue weighted by Crippen LogP contribution is 2.13. The molecule has 0 spiro atoms. The Labute approximate surface area is 145 Å². The molecule has 0 bridgehead atoms. The van der Waals surface area contributed by atoms with Gasteiger partial charge in [-0.2, -0.15) is 0 Å². The van der Waals surface area contributed by atoms with E-state index < -0.39 is 0 Å². The summed E-state index contributed by atoms with van der Waals surface area (Å²) in [6.45, 7) is 8.62. The van der Waals surface area contributed by atoms with Gasteiger partial charge < -0.3 is 15.8 Å². The molecule has 0 saturated carbocycles. The molecular weight excluding hydrogens is 377 g/mol. The summed E-state index contributed by atoms with van der Waals surface area (Å²) in [5.74, 6) is 0.460. The number of halogens is 1. The lowest BCUT2D eigenvalue weighted by Crippen LogP contribution is -2.23. The van der Waals surface area contributed by atoms with E-state index in [0.29, 0.717) is 12.5 Å². The first kappa shape index (κ1) is 20.2. The van der Waals surface area contributed by atoms with Crippen molar-refractivity contribution in [2.24, 2.45) is 10.7 Å². The second-order valence-electron chi connectivity index (χ2n) is 5.01.